The van der Waals surface area contributed by atoms with Crippen LogP contribution in [-0.2, 0) is 13.0 Å². The smallest absolute Gasteiger partial charge is 0.172 e. The maximum atomic E-state index is 11.1. The van der Waals surface area contributed by atoms with Crippen LogP contribution in [0.4, 0.5) is 0 Å². The van der Waals surface area contributed by atoms with E-state index in [0.29, 0.717) is 18.7 Å². The van der Waals surface area contributed by atoms with Crippen LogP contribution < -0.4 is 4.74 Å². The van der Waals surface area contributed by atoms with Crippen molar-refractivity contribution in [2.24, 2.45) is 0 Å². The number of hydrogen-bond acceptors (Lipinski definition) is 4. The van der Waals surface area contributed by atoms with Crippen molar-refractivity contribution in [1.82, 2.24) is 15.0 Å². The van der Waals surface area contributed by atoms with Crippen LogP contribution in [0.25, 0.3) is 0 Å². The van der Waals surface area contributed by atoms with Crippen molar-refractivity contribution in [2.45, 2.75) is 19.9 Å². The molecule has 1 heterocycles. The average molecular weight is 271 g/mol. The number of nitrogens with zero attached hydrogens (tertiary/aromatic N) is 3. The van der Waals surface area contributed by atoms with Gasteiger partial charge in [0.2, 0.25) is 0 Å². The van der Waals surface area contributed by atoms with Gasteiger partial charge in [0.1, 0.15) is 11.4 Å². The predicted octanol–water partition coefficient (Wildman–Crippen LogP) is 2.27. The summed E-state index contributed by atoms with van der Waals surface area (Å²) in [5.74, 6) is 0.804. The molecule has 0 fully saturated rings. The van der Waals surface area contributed by atoms with Gasteiger partial charge in [-0.25, -0.2) is 4.68 Å². The van der Waals surface area contributed by atoms with Gasteiger partial charge >= 0.3 is 0 Å². The van der Waals surface area contributed by atoms with Crippen molar-refractivity contribution in [2.75, 3.05) is 7.11 Å². The molecule has 0 saturated heterocycles. The molecular formula is C15H17N3O2. The van der Waals surface area contributed by atoms with Gasteiger partial charge in [-0.05, 0) is 24.6 Å². The topological polar surface area (TPSA) is 57.0 Å². The molecule has 20 heavy (non-hydrogen) atoms. The van der Waals surface area contributed by atoms with Crippen LogP contribution in [0.5, 0.6) is 5.75 Å². The lowest BCUT2D eigenvalue weighted by molar-refractivity contribution is 0.111. The number of carbonyl (C=O) groups excluding carboxylic acids is 1. The first-order valence-corrected chi connectivity index (χ1v) is 6.29. The number of rotatable bonds is 6. The van der Waals surface area contributed by atoms with E-state index >= 15 is 0 Å². The molecule has 2 rings (SSSR count). The molecule has 2 aromatic rings. The number of aldehydes is 1. The van der Waals surface area contributed by atoms with Gasteiger partial charge in [-0.1, -0.05) is 29.5 Å². The molecular weight excluding hydrogens is 254 g/mol. The lowest BCUT2D eigenvalue weighted by Gasteiger charge is -2.07. The van der Waals surface area contributed by atoms with Gasteiger partial charge in [0.25, 0.3) is 0 Å². The maximum absolute atomic E-state index is 11.1. The molecule has 1 aromatic carbocycles. The Morgan fingerprint density at radius 1 is 1.40 bits per heavy atom. The summed E-state index contributed by atoms with van der Waals surface area (Å²) in [5, 5.41) is 7.90. The summed E-state index contributed by atoms with van der Waals surface area (Å²) in [5.41, 5.74) is 3.21. The van der Waals surface area contributed by atoms with Crippen molar-refractivity contribution < 1.29 is 9.53 Å². The highest BCUT2D eigenvalue weighted by Crippen LogP contribution is 2.16. The Balaban J connectivity index is 2.28. The first-order valence-electron chi connectivity index (χ1n) is 6.29. The molecule has 0 spiro atoms. The third kappa shape index (κ3) is 3.12. The van der Waals surface area contributed by atoms with E-state index in [1.807, 2.05) is 31.2 Å². The van der Waals surface area contributed by atoms with Crippen LogP contribution in [-0.4, -0.2) is 28.4 Å². The number of allylic oxidation sites excluding steroid dienone is 1. The summed E-state index contributed by atoms with van der Waals surface area (Å²) in [6.07, 6.45) is 1.33. The van der Waals surface area contributed by atoms with E-state index in [0.717, 1.165) is 28.9 Å². The minimum atomic E-state index is 0.377. The van der Waals surface area contributed by atoms with Gasteiger partial charge < -0.3 is 4.74 Å². The summed E-state index contributed by atoms with van der Waals surface area (Å²) in [7, 11) is 1.63. The minimum Gasteiger partial charge on any atom is -0.497 e. The first-order chi connectivity index (χ1) is 9.63. The Morgan fingerprint density at radius 3 is 2.65 bits per heavy atom. The number of aromatic nitrogens is 3. The fraction of sp³-hybridized carbons (Fsp3) is 0.267. The minimum absolute atomic E-state index is 0.377. The fourth-order valence-corrected chi connectivity index (χ4v) is 1.94. The maximum Gasteiger partial charge on any atom is 0.172 e. The lowest BCUT2D eigenvalue weighted by Crippen LogP contribution is -2.07. The van der Waals surface area contributed by atoms with Crippen LogP contribution in [0.1, 0.15) is 28.7 Å². The molecule has 0 unspecified atom stereocenters. The molecule has 5 heteroatoms. The van der Waals surface area contributed by atoms with E-state index in [1.54, 1.807) is 11.8 Å². The van der Waals surface area contributed by atoms with Gasteiger partial charge in [-0.2, -0.15) is 0 Å². The number of methoxy groups -OCH3 is 1. The number of ether oxygens (including phenoxy) is 1. The molecule has 0 amide bonds. The van der Waals surface area contributed by atoms with Crippen LogP contribution in [0.15, 0.2) is 36.4 Å². The normalized spacial score (nSPS) is 10.3. The van der Waals surface area contributed by atoms with Crippen LogP contribution in [0.2, 0.25) is 0 Å². The van der Waals surface area contributed by atoms with Crippen molar-refractivity contribution in [1.29, 1.82) is 0 Å². The van der Waals surface area contributed by atoms with Crippen LogP contribution in [0.3, 0.4) is 0 Å². The molecule has 1 aromatic heterocycles. The van der Waals surface area contributed by atoms with E-state index in [2.05, 4.69) is 16.9 Å². The van der Waals surface area contributed by atoms with E-state index in [9.17, 15) is 4.79 Å². The molecule has 0 atom stereocenters. The third-order valence-corrected chi connectivity index (χ3v) is 2.93. The van der Waals surface area contributed by atoms with E-state index in [4.69, 9.17) is 4.74 Å². The summed E-state index contributed by atoms with van der Waals surface area (Å²) in [6.45, 7) is 6.34. The van der Waals surface area contributed by atoms with Gasteiger partial charge in [0.15, 0.2) is 6.29 Å². The first kappa shape index (κ1) is 14.0. The number of hydrogen-bond donors (Lipinski definition) is 0. The highest BCUT2D eigenvalue weighted by Gasteiger charge is 2.13. The highest BCUT2D eigenvalue weighted by molar-refractivity contribution is 5.73. The molecule has 0 aliphatic heterocycles. The zero-order valence-corrected chi connectivity index (χ0v) is 11.7. The molecule has 0 bridgehead atoms. The SMILES string of the molecule is C=C(C)Cn1nnc(C=O)c1Cc1ccc(OC)cc1. The molecule has 0 aliphatic carbocycles. The van der Waals surface area contributed by atoms with Gasteiger partial charge in [-0.15, -0.1) is 5.10 Å². The second-order valence-electron chi connectivity index (χ2n) is 4.68. The monoisotopic (exact) mass is 271 g/mol. The van der Waals surface area contributed by atoms with Crippen molar-refractivity contribution in [3.8, 4) is 5.75 Å². The molecule has 0 N–H and O–H groups in total. The highest BCUT2D eigenvalue weighted by atomic mass is 16.5. The Morgan fingerprint density at radius 2 is 2.10 bits per heavy atom. The third-order valence-electron chi connectivity index (χ3n) is 2.93. The molecule has 104 valence electrons. The number of benzene rings is 1. The number of carbonyl (C=O) groups is 1. The molecule has 0 radical (unpaired) electrons. The zero-order chi connectivity index (χ0) is 14.5. The van der Waals surface area contributed by atoms with Crippen molar-refractivity contribution >= 4 is 6.29 Å². The average Bonchev–Trinajstić information content (AvgIpc) is 2.81. The Bertz CT molecular complexity index is 615. The Hall–Kier alpha value is -2.43. The van der Waals surface area contributed by atoms with E-state index in [-0.39, 0.29) is 0 Å². The quantitative estimate of drug-likeness (QED) is 0.597. The van der Waals surface area contributed by atoms with E-state index < -0.39 is 0 Å². The second kappa shape index (κ2) is 6.14. The van der Waals surface area contributed by atoms with Crippen molar-refractivity contribution in [3.05, 3.63) is 53.4 Å². The standard InChI is InChI=1S/C15H17N3O2/c1-11(2)9-18-15(14(10-19)16-17-18)8-12-4-6-13(20-3)7-5-12/h4-7,10H,1,8-9H2,2-3H3. The lowest BCUT2D eigenvalue weighted by atomic mass is 10.1. The van der Waals surface area contributed by atoms with Crippen LogP contribution in [0, 0.1) is 0 Å². The van der Waals surface area contributed by atoms with Gasteiger partial charge in [0.05, 0.1) is 19.3 Å². The van der Waals surface area contributed by atoms with Gasteiger partial charge in [0, 0.05) is 6.42 Å². The van der Waals surface area contributed by atoms with Crippen molar-refractivity contribution in [3.63, 3.8) is 0 Å². The molecule has 0 aliphatic rings. The molecule has 0 saturated carbocycles. The van der Waals surface area contributed by atoms with Gasteiger partial charge in [-0.3, -0.25) is 4.79 Å². The fourth-order valence-electron chi connectivity index (χ4n) is 1.94. The zero-order valence-electron chi connectivity index (χ0n) is 11.7. The summed E-state index contributed by atoms with van der Waals surface area (Å²) in [6, 6.07) is 7.71. The molecule has 5 nitrogen and oxygen atoms in total. The summed E-state index contributed by atoms with van der Waals surface area (Å²) in [4.78, 5) is 11.1. The second-order valence-corrected chi connectivity index (χ2v) is 4.68. The predicted molar refractivity (Wildman–Crippen MR) is 76.0 cm³/mol. The van der Waals surface area contributed by atoms with Crippen LogP contribution >= 0.6 is 0 Å². The summed E-state index contributed by atoms with van der Waals surface area (Å²) < 4.78 is 6.85. The Labute approximate surface area is 117 Å². The van der Waals surface area contributed by atoms with E-state index in [1.165, 1.54) is 0 Å². The Kier molecular flexibility index (Phi) is 4.30. The summed E-state index contributed by atoms with van der Waals surface area (Å²) >= 11 is 0. The largest absolute Gasteiger partial charge is 0.497 e.